The third-order valence-electron chi connectivity index (χ3n) is 4.01. The summed E-state index contributed by atoms with van der Waals surface area (Å²) in [4.78, 5) is 38.1. The number of hydrogen-bond donors (Lipinski definition) is 0. The predicted molar refractivity (Wildman–Crippen MR) is 110 cm³/mol. The number of benzene rings is 1. The number of carbonyl (C=O) groups is 1. The van der Waals surface area contributed by atoms with Gasteiger partial charge in [0.05, 0.1) is 23.2 Å². The third kappa shape index (κ3) is 4.14. The van der Waals surface area contributed by atoms with E-state index in [0.717, 1.165) is 15.2 Å². The molecule has 0 saturated carbocycles. The van der Waals surface area contributed by atoms with E-state index in [4.69, 9.17) is 4.74 Å². The van der Waals surface area contributed by atoms with Crippen molar-refractivity contribution in [2.45, 2.75) is 39.3 Å². The quantitative estimate of drug-likeness (QED) is 0.478. The second-order valence-electron chi connectivity index (χ2n) is 7.50. The molecule has 3 heterocycles. The van der Waals surface area contributed by atoms with Crippen molar-refractivity contribution in [2.24, 2.45) is 0 Å². The Balaban J connectivity index is 1.75. The molecule has 0 radical (unpaired) electrons. The number of esters is 1. The number of hydrogen-bond acceptors (Lipinski definition) is 8. The Hall–Kier alpha value is -3.20. The fourth-order valence-corrected chi connectivity index (χ4v) is 3.87. The number of ether oxygens (including phenoxy) is 1. The monoisotopic (exact) mass is 409 g/mol. The van der Waals surface area contributed by atoms with Crippen molar-refractivity contribution in [1.82, 2.24) is 24.7 Å². The Bertz CT molecular complexity index is 1240. The molecule has 0 N–H and O–H groups in total. The molecule has 0 amide bonds. The highest BCUT2D eigenvalue weighted by molar-refractivity contribution is 7.18. The summed E-state index contributed by atoms with van der Waals surface area (Å²) in [5.74, 6) is -0.442. The maximum absolute atomic E-state index is 12.9. The van der Waals surface area contributed by atoms with Gasteiger partial charge in [0.15, 0.2) is 5.52 Å². The van der Waals surface area contributed by atoms with E-state index >= 15 is 0 Å². The van der Waals surface area contributed by atoms with Crippen molar-refractivity contribution in [3.63, 3.8) is 0 Å². The highest BCUT2D eigenvalue weighted by Crippen LogP contribution is 2.22. The Labute approximate surface area is 170 Å². The summed E-state index contributed by atoms with van der Waals surface area (Å²) in [5.41, 5.74) is 0.707. The van der Waals surface area contributed by atoms with Crippen LogP contribution < -0.4 is 5.56 Å². The van der Waals surface area contributed by atoms with Crippen LogP contribution in [0.4, 0.5) is 0 Å². The molecule has 0 atom stereocenters. The SMILES string of the molecule is CC(C)(C)OC(=O)Cc1nn(Cc2nc3ccccc3s2)c(=O)c2nccnc12. The fourth-order valence-electron chi connectivity index (χ4n) is 2.92. The number of nitrogens with zero attached hydrogens (tertiary/aromatic N) is 5. The Kier molecular flexibility index (Phi) is 4.83. The Morgan fingerprint density at radius 2 is 1.86 bits per heavy atom. The highest BCUT2D eigenvalue weighted by atomic mass is 32.1. The number of rotatable bonds is 4. The number of aromatic nitrogens is 5. The van der Waals surface area contributed by atoms with Crippen molar-refractivity contribution in [1.29, 1.82) is 0 Å². The van der Waals surface area contributed by atoms with Crippen molar-refractivity contribution in [2.75, 3.05) is 0 Å². The van der Waals surface area contributed by atoms with Crippen LogP contribution in [0.1, 0.15) is 31.5 Å². The molecule has 0 unspecified atom stereocenters. The van der Waals surface area contributed by atoms with Gasteiger partial charge in [-0.3, -0.25) is 14.6 Å². The molecule has 3 aromatic heterocycles. The van der Waals surface area contributed by atoms with Gasteiger partial charge in [-0.05, 0) is 32.9 Å². The van der Waals surface area contributed by atoms with Crippen LogP contribution in [0, 0.1) is 0 Å². The van der Waals surface area contributed by atoms with Crippen LogP contribution in [0.15, 0.2) is 41.5 Å². The third-order valence-corrected chi connectivity index (χ3v) is 5.03. The van der Waals surface area contributed by atoms with Gasteiger partial charge < -0.3 is 4.74 Å². The number of para-hydroxylation sites is 1. The van der Waals surface area contributed by atoms with Crippen LogP contribution in [-0.2, 0) is 22.5 Å². The lowest BCUT2D eigenvalue weighted by Crippen LogP contribution is -2.29. The Morgan fingerprint density at radius 1 is 1.14 bits per heavy atom. The first-order chi connectivity index (χ1) is 13.8. The van der Waals surface area contributed by atoms with Crippen molar-refractivity contribution in [3.8, 4) is 0 Å². The standard InChI is InChI=1S/C20H19N5O3S/c1-20(2,3)28-16(26)10-13-17-18(22-9-8-21-17)19(27)25(24-13)11-15-23-12-6-4-5-7-14(12)29-15/h4-9H,10-11H2,1-3H3. The van der Waals surface area contributed by atoms with Gasteiger partial charge in [-0.25, -0.2) is 14.6 Å². The summed E-state index contributed by atoms with van der Waals surface area (Å²) in [6, 6.07) is 7.76. The summed E-state index contributed by atoms with van der Waals surface area (Å²) < 4.78 is 7.71. The molecular weight excluding hydrogens is 390 g/mol. The second-order valence-corrected chi connectivity index (χ2v) is 8.62. The molecule has 0 spiro atoms. The van der Waals surface area contributed by atoms with Crippen LogP contribution in [0.3, 0.4) is 0 Å². The first-order valence-corrected chi connectivity index (χ1v) is 9.89. The first kappa shape index (κ1) is 19.1. The van der Waals surface area contributed by atoms with Gasteiger partial charge in [0.1, 0.15) is 21.8 Å². The number of fused-ring (bicyclic) bond motifs is 2. The van der Waals surface area contributed by atoms with E-state index in [2.05, 4.69) is 20.1 Å². The molecule has 4 rings (SSSR count). The Morgan fingerprint density at radius 3 is 2.59 bits per heavy atom. The molecule has 0 fully saturated rings. The molecule has 4 aromatic rings. The molecule has 1 aromatic carbocycles. The molecule has 0 aliphatic carbocycles. The van der Waals surface area contributed by atoms with E-state index < -0.39 is 11.6 Å². The van der Waals surface area contributed by atoms with Gasteiger partial charge in [0.25, 0.3) is 5.56 Å². The zero-order valence-corrected chi connectivity index (χ0v) is 17.1. The molecule has 29 heavy (non-hydrogen) atoms. The molecule has 0 bridgehead atoms. The van der Waals surface area contributed by atoms with Crippen LogP contribution in [0.2, 0.25) is 0 Å². The maximum atomic E-state index is 12.9. The van der Waals surface area contributed by atoms with Crippen LogP contribution >= 0.6 is 11.3 Å². The van der Waals surface area contributed by atoms with Crippen LogP contribution in [0.5, 0.6) is 0 Å². The van der Waals surface area contributed by atoms with E-state index in [1.807, 2.05) is 24.3 Å². The van der Waals surface area contributed by atoms with E-state index in [-0.39, 0.29) is 24.0 Å². The van der Waals surface area contributed by atoms with Gasteiger partial charge in [-0.15, -0.1) is 11.3 Å². The van der Waals surface area contributed by atoms with Gasteiger partial charge in [-0.2, -0.15) is 5.10 Å². The first-order valence-electron chi connectivity index (χ1n) is 9.07. The van der Waals surface area contributed by atoms with Gasteiger partial charge in [-0.1, -0.05) is 12.1 Å². The summed E-state index contributed by atoms with van der Waals surface area (Å²) in [6.07, 6.45) is 2.82. The lowest BCUT2D eigenvalue weighted by molar-refractivity contribution is -0.153. The lowest BCUT2D eigenvalue weighted by Gasteiger charge is -2.19. The average Bonchev–Trinajstić information content (AvgIpc) is 3.06. The van der Waals surface area contributed by atoms with Crippen molar-refractivity contribution >= 4 is 38.6 Å². The summed E-state index contributed by atoms with van der Waals surface area (Å²) >= 11 is 1.50. The van der Waals surface area contributed by atoms with Crippen molar-refractivity contribution < 1.29 is 9.53 Å². The predicted octanol–water partition coefficient (Wildman–Crippen LogP) is 2.73. The molecular formula is C20H19N5O3S. The fraction of sp³-hybridized carbons (Fsp3) is 0.300. The van der Waals surface area contributed by atoms with Crippen molar-refractivity contribution in [3.05, 3.63) is 57.7 Å². The van der Waals surface area contributed by atoms with Crippen LogP contribution in [-0.4, -0.2) is 36.3 Å². The minimum atomic E-state index is -0.617. The van der Waals surface area contributed by atoms with E-state index in [1.54, 1.807) is 20.8 Å². The largest absolute Gasteiger partial charge is 0.460 e. The molecule has 148 valence electrons. The second kappa shape index (κ2) is 7.32. The van der Waals surface area contributed by atoms with Gasteiger partial charge in [0.2, 0.25) is 0 Å². The molecule has 9 heteroatoms. The van der Waals surface area contributed by atoms with Gasteiger partial charge >= 0.3 is 5.97 Å². The van der Waals surface area contributed by atoms with E-state index in [9.17, 15) is 9.59 Å². The molecule has 0 aliphatic heterocycles. The number of carbonyl (C=O) groups excluding carboxylic acids is 1. The highest BCUT2D eigenvalue weighted by Gasteiger charge is 2.21. The number of thiazole rings is 1. The summed E-state index contributed by atoms with van der Waals surface area (Å²) in [7, 11) is 0. The minimum absolute atomic E-state index is 0.105. The normalized spacial score (nSPS) is 11.8. The topological polar surface area (TPSA) is 99.9 Å². The van der Waals surface area contributed by atoms with E-state index in [0.29, 0.717) is 11.2 Å². The van der Waals surface area contributed by atoms with E-state index in [1.165, 1.54) is 28.4 Å². The smallest absolute Gasteiger partial charge is 0.312 e. The molecule has 0 saturated heterocycles. The average molecular weight is 409 g/mol. The maximum Gasteiger partial charge on any atom is 0.312 e. The van der Waals surface area contributed by atoms with Crippen LogP contribution in [0.25, 0.3) is 21.3 Å². The zero-order chi connectivity index (χ0) is 20.6. The van der Waals surface area contributed by atoms with Gasteiger partial charge in [0, 0.05) is 12.4 Å². The minimum Gasteiger partial charge on any atom is -0.460 e. The molecule has 0 aliphatic rings. The lowest BCUT2D eigenvalue weighted by atomic mass is 10.2. The summed E-state index contributed by atoms with van der Waals surface area (Å²) in [5, 5.41) is 5.15. The molecule has 8 nitrogen and oxygen atoms in total. The zero-order valence-electron chi connectivity index (χ0n) is 16.2. The summed E-state index contributed by atoms with van der Waals surface area (Å²) in [6.45, 7) is 5.57.